The van der Waals surface area contributed by atoms with Crippen LogP contribution in [0.2, 0.25) is 0 Å². The maximum Gasteiger partial charge on any atom is 0.337 e. The summed E-state index contributed by atoms with van der Waals surface area (Å²) in [5, 5.41) is 11.3. The van der Waals surface area contributed by atoms with E-state index in [2.05, 4.69) is 15.0 Å². The fraction of sp³-hybridized carbons (Fsp3) is 0.0667. The van der Waals surface area contributed by atoms with Gasteiger partial charge in [0, 0.05) is 11.8 Å². The number of carbonyl (C=O) groups is 2. The molecule has 2 aromatic rings. The van der Waals surface area contributed by atoms with Crippen molar-refractivity contribution in [3.63, 3.8) is 0 Å². The first-order valence-electron chi connectivity index (χ1n) is 6.00. The average molecular weight is 281 g/mol. The summed E-state index contributed by atoms with van der Waals surface area (Å²) in [6, 6.07) is 11.2. The van der Waals surface area contributed by atoms with E-state index in [1.165, 1.54) is 25.4 Å². The molecule has 1 aromatic heterocycles. The number of amides is 1. The fourth-order valence-electron chi connectivity index (χ4n) is 1.63. The molecule has 0 spiro atoms. The summed E-state index contributed by atoms with van der Waals surface area (Å²) >= 11 is 0. The monoisotopic (exact) mass is 281 g/mol. The number of benzene rings is 1. The van der Waals surface area contributed by atoms with Gasteiger partial charge in [0.05, 0.1) is 18.2 Å². The summed E-state index contributed by atoms with van der Waals surface area (Å²) in [7, 11) is 1.27. The third kappa shape index (κ3) is 3.42. The maximum atomic E-state index is 12.1. The summed E-state index contributed by atoms with van der Waals surface area (Å²) in [4.78, 5) is 27.4. The number of nitriles is 1. The van der Waals surface area contributed by atoms with Crippen LogP contribution in [0.15, 0.2) is 42.6 Å². The van der Waals surface area contributed by atoms with Crippen molar-refractivity contribution in [2.24, 2.45) is 0 Å². The lowest BCUT2D eigenvalue weighted by Gasteiger charge is -2.05. The van der Waals surface area contributed by atoms with Crippen LogP contribution in [0.3, 0.4) is 0 Å². The smallest absolute Gasteiger partial charge is 0.337 e. The van der Waals surface area contributed by atoms with E-state index < -0.39 is 11.9 Å². The van der Waals surface area contributed by atoms with Gasteiger partial charge in [-0.1, -0.05) is 6.07 Å². The lowest BCUT2D eigenvalue weighted by atomic mass is 10.1. The molecular weight excluding hydrogens is 270 g/mol. The number of esters is 1. The van der Waals surface area contributed by atoms with Crippen LogP contribution in [0.5, 0.6) is 0 Å². The second-order valence-electron chi connectivity index (χ2n) is 4.07. The first kappa shape index (κ1) is 14.2. The lowest BCUT2D eigenvalue weighted by Crippen LogP contribution is -2.14. The molecule has 0 radical (unpaired) electrons. The van der Waals surface area contributed by atoms with Crippen molar-refractivity contribution in [3.8, 4) is 6.07 Å². The second-order valence-corrected chi connectivity index (χ2v) is 4.07. The predicted molar refractivity (Wildman–Crippen MR) is 74.7 cm³/mol. The van der Waals surface area contributed by atoms with Crippen LogP contribution < -0.4 is 5.32 Å². The molecule has 0 fully saturated rings. The Kier molecular flexibility index (Phi) is 4.26. The quantitative estimate of drug-likeness (QED) is 0.868. The Labute approximate surface area is 121 Å². The standard InChI is InChI=1S/C15H11N3O3/c1-21-15(20)12-4-2-3-11(7-12)14(19)18-13-6-5-10(8-16)9-17-13/h2-7,9H,1H3,(H,17,18,19). The van der Waals surface area contributed by atoms with Crippen LogP contribution in [0.25, 0.3) is 0 Å². The minimum absolute atomic E-state index is 0.290. The summed E-state index contributed by atoms with van der Waals surface area (Å²) in [6.07, 6.45) is 1.36. The van der Waals surface area contributed by atoms with E-state index in [1.54, 1.807) is 24.3 Å². The highest BCUT2D eigenvalue weighted by Crippen LogP contribution is 2.10. The van der Waals surface area contributed by atoms with Gasteiger partial charge in [0.1, 0.15) is 11.9 Å². The molecule has 1 N–H and O–H groups in total. The fourth-order valence-corrected chi connectivity index (χ4v) is 1.63. The van der Waals surface area contributed by atoms with E-state index in [4.69, 9.17) is 5.26 Å². The van der Waals surface area contributed by atoms with Crippen molar-refractivity contribution >= 4 is 17.7 Å². The molecule has 0 saturated heterocycles. The topological polar surface area (TPSA) is 92.1 Å². The number of aromatic nitrogens is 1. The maximum absolute atomic E-state index is 12.1. The Balaban J connectivity index is 2.16. The number of ether oxygens (including phenoxy) is 1. The minimum Gasteiger partial charge on any atom is -0.465 e. The van der Waals surface area contributed by atoms with Crippen molar-refractivity contribution in [2.75, 3.05) is 12.4 Å². The van der Waals surface area contributed by atoms with E-state index in [9.17, 15) is 9.59 Å². The average Bonchev–Trinajstić information content (AvgIpc) is 2.55. The lowest BCUT2D eigenvalue weighted by molar-refractivity contribution is 0.0600. The predicted octanol–water partition coefficient (Wildman–Crippen LogP) is 1.99. The van der Waals surface area contributed by atoms with Gasteiger partial charge in [-0.15, -0.1) is 0 Å². The zero-order valence-corrected chi connectivity index (χ0v) is 11.2. The molecule has 0 bridgehead atoms. The van der Waals surface area contributed by atoms with Crippen molar-refractivity contribution < 1.29 is 14.3 Å². The number of hydrogen-bond donors (Lipinski definition) is 1. The van der Waals surface area contributed by atoms with Gasteiger partial charge >= 0.3 is 5.97 Å². The number of nitrogens with zero attached hydrogens (tertiary/aromatic N) is 2. The second kappa shape index (κ2) is 6.30. The normalized spacial score (nSPS) is 9.52. The molecule has 0 atom stereocenters. The molecule has 0 unspecified atom stereocenters. The first-order valence-corrected chi connectivity index (χ1v) is 6.00. The molecule has 104 valence electrons. The molecule has 0 aliphatic carbocycles. The number of carbonyl (C=O) groups excluding carboxylic acids is 2. The largest absolute Gasteiger partial charge is 0.465 e. The number of anilines is 1. The van der Waals surface area contributed by atoms with E-state index >= 15 is 0 Å². The van der Waals surface area contributed by atoms with Gasteiger partial charge < -0.3 is 10.1 Å². The molecule has 1 heterocycles. The first-order chi connectivity index (χ1) is 10.1. The van der Waals surface area contributed by atoms with Crippen molar-refractivity contribution in [2.45, 2.75) is 0 Å². The van der Waals surface area contributed by atoms with Gasteiger partial charge in [0.2, 0.25) is 0 Å². The molecular formula is C15H11N3O3. The molecule has 0 saturated carbocycles. The molecule has 2 rings (SSSR count). The molecule has 1 amide bonds. The summed E-state index contributed by atoms with van der Waals surface area (Å²) in [6.45, 7) is 0. The van der Waals surface area contributed by atoms with Crippen LogP contribution in [0.4, 0.5) is 5.82 Å². The zero-order chi connectivity index (χ0) is 15.2. The molecule has 1 aromatic carbocycles. The third-order valence-electron chi connectivity index (χ3n) is 2.68. The summed E-state index contributed by atoms with van der Waals surface area (Å²) in [5.74, 6) is -0.596. The van der Waals surface area contributed by atoms with Gasteiger partial charge in [-0.25, -0.2) is 9.78 Å². The van der Waals surface area contributed by atoms with Crippen LogP contribution in [0, 0.1) is 11.3 Å². The van der Waals surface area contributed by atoms with Gasteiger partial charge in [-0.3, -0.25) is 4.79 Å². The number of nitrogens with one attached hydrogen (secondary N) is 1. The van der Waals surface area contributed by atoms with Gasteiger partial charge in [-0.2, -0.15) is 5.26 Å². The Bertz CT molecular complexity index is 718. The molecule has 0 aliphatic heterocycles. The van der Waals surface area contributed by atoms with Crippen LogP contribution in [-0.2, 0) is 4.74 Å². The SMILES string of the molecule is COC(=O)c1cccc(C(=O)Nc2ccc(C#N)cn2)c1. The molecule has 6 nitrogen and oxygen atoms in total. The number of hydrogen-bond acceptors (Lipinski definition) is 5. The zero-order valence-electron chi connectivity index (χ0n) is 11.2. The van der Waals surface area contributed by atoms with E-state index in [-0.39, 0.29) is 5.56 Å². The molecule has 21 heavy (non-hydrogen) atoms. The Morgan fingerprint density at radius 3 is 2.62 bits per heavy atom. The third-order valence-corrected chi connectivity index (χ3v) is 2.68. The summed E-state index contributed by atoms with van der Waals surface area (Å²) in [5.41, 5.74) is 1.00. The Morgan fingerprint density at radius 2 is 2.00 bits per heavy atom. The Morgan fingerprint density at radius 1 is 1.24 bits per heavy atom. The number of pyridine rings is 1. The highest BCUT2D eigenvalue weighted by Gasteiger charge is 2.11. The van der Waals surface area contributed by atoms with Crippen molar-refractivity contribution in [1.29, 1.82) is 5.26 Å². The van der Waals surface area contributed by atoms with Crippen LogP contribution in [0.1, 0.15) is 26.3 Å². The summed E-state index contributed by atoms with van der Waals surface area (Å²) < 4.78 is 4.60. The highest BCUT2D eigenvalue weighted by atomic mass is 16.5. The van der Waals surface area contributed by atoms with Gasteiger partial charge in [0.15, 0.2) is 0 Å². The Hall–Kier alpha value is -3.20. The number of rotatable bonds is 3. The van der Waals surface area contributed by atoms with Crippen molar-refractivity contribution in [3.05, 3.63) is 59.3 Å². The number of methoxy groups -OCH3 is 1. The highest BCUT2D eigenvalue weighted by molar-refractivity contribution is 6.05. The van der Waals surface area contributed by atoms with E-state index in [0.717, 1.165) is 0 Å². The van der Waals surface area contributed by atoms with E-state index in [1.807, 2.05) is 6.07 Å². The van der Waals surface area contributed by atoms with Gasteiger partial charge in [-0.05, 0) is 30.3 Å². The van der Waals surface area contributed by atoms with Crippen LogP contribution >= 0.6 is 0 Å². The van der Waals surface area contributed by atoms with Crippen LogP contribution in [-0.4, -0.2) is 24.0 Å². The van der Waals surface area contributed by atoms with Crippen molar-refractivity contribution in [1.82, 2.24) is 4.98 Å². The van der Waals surface area contributed by atoms with Gasteiger partial charge in [0.25, 0.3) is 5.91 Å². The molecule has 6 heteroatoms. The molecule has 0 aliphatic rings. The van der Waals surface area contributed by atoms with E-state index in [0.29, 0.717) is 16.9 Å². The minimum atomic E-state index is -0.513.